The number of carbonyl (C=O) groups excluding carboxylic acids is 2. The predicted molar refractivity (Wildman–Crippen MR) is 98.0 cm³/mol. The van der Waals surface area contributed by atoms with Gasteiger partial charge in [0.2, 0.25) is 0 Å². The van der Waals surface area contributed by atoms with Crippen molar-refractivity contribution in [2.45, 2.75) is 37.8 Å². The minimum atomic E-state index is -0.177. The SMILES string of the molecule is CN(C)c1ccc(N2CCC(N3C(=O)C4CCCN4C3=O)CC2)cc1. The first kappa shape index (κ1) is 16.2. The summed E-state index contributed by atoms with van der Waals surface area (Å²) >= 11 is 0. The fourth-order valence-electron chi connectivity index (χ4n) is 4.33. The summed E-state index contributed by atoms with van der Waals surface area (Å²) in [6.07, 6.45) is 3.50. The van der Waals surface area contributed by atoms with Crippen molar-refractivity contribution in [2.24, 2.45) is 0 Å². The number of imide groups is 1. The smallest absolute Gasteiger partial charge is 0.327 e. The van der Waals surface area contributed by atoms with E-state index in [2.05, 4.69) is 34.1 Å². The molecule has 0 aromatic heterocycles. The van der Waals surface area contributed by atoms with E-state index in [0.717, 1.165) is 45.3 Å². The lowest BCUT2D eigenvalue weighted by molar-refractivity contribution is -0.129. The molecule has 0 radical (unpaired) electrons. The summed E-state index contributed by atoms with van der Waals surface area (Å²) in [5.41, 5.74) is 2.40. The van der Waals surface area contributed by atoms with Crippen LogP contribution in [0.15, 0.2) is 24.3 Å². The van der Waals surface area contributed by atoms with Crippen LogP contribution in [0, 0.1) is 0 Å². The van der Waals surface area contributed by atoms with Crippen molar-refractivity contribution in [2.75, 3.05) is 43.5 Å². The monoisotopic (exact) mass is 342 g/mol. The molecule has 1 aromatic rings. The molecule has 0 aliphatic carbocycles. The van der Waals surface area contributed by atoms with Gasteiger partial charge >= 0.3 is 6.03 Å². The maximum atomic E-state index is 12.6. The van der Waals surface area contributed by atoms with Gasteiger partial charge < -0.3 is 14.7 Å². The van der Waals surface area contributed by atoms with Crippen molar-refractivity contribution in [1.29, 1.82) is 0 Å². The van der Waals surface area contributed by atoms with Crippen LogP contribution in [0.3, 0.4) is 0 Å². The van der Waals surface area contributed by atoms with Crippen LogP contribution in [0.25, 0.3) is 0 Å². The van der Waals surface area contributed by atoms with E-state index < -0.39 is 0 Å². The first-order valence-corrected chi connectivity index (χ1v) is 9.22. The van der Waals surface area contributed by atoms with Crippen molar-refractivity contribution in [3.05, 3.63) is 24.3 Å². The lowest BCUT2D eigenvalue weighted by Crippen LogP contribution is -2.48. The third kappa shape index (κ3) is 2.73. The Labute approximate surface area is 149 Å². The number of amides is 3. The largest absolute Gasteiger partial charge is 0.378 e. The summed E-state index contributed by atoms with van der Waals surface area (Å²) in [7, 11) is 4.08. The summed E-state index contributed by atoms with van der Waals surface area (Å²) in [6, 6.07) is 8.39. The molecule has 0 saturated carbocycles. The molecule has 6 heteroatoms. The normalized spacial score (nSPS) is 24.2. The summed E-state index contributed by atoms with van der Waals surface area (Å²) in [6.45, 7) is 2.50. The Kier molecular flexibility index (Phi) is 4.06. The molecule has 0 spiro atoms. The topological polar surface area (TPSA) is 47.1 Å². The van der Waals surface area contributed by atoms with Crippen molar-refractivity contribution in [3.63, 3.8) is 0 Å². The third-order valence-corrected chi connectivity index (χ3v) is 5.79. The highest BCUT2D eigenvalue weighted by molar-refractivity contribution is 6.04. The van der Waals surface area contributed by atoms with Crippen LogP contribution in [0.5, 0.6) is 0 Å². The van der Waals surface area contributed by atoms with E-state index in [-0.39, 0.29) is 24.0 Å². The van der Waals surface area contributed by atoms with Crippen molar-refractivity contribution in [3.8, 4) is 0 Å². The minimum Gasteiger partial charge on any atom is -0.378 e. The number of benzene rings is 1. The third-order valence-electron chi connectivity index (χ3n) is 5.79. The zero-order chi connectivity index (χ0) is 17.6. The highest BCUT2D eigenvalue weighted by Crippen LogP contribution is 2.32. The second-order valence-corrected chi connectivity index (χ2v) is 7.47. The molecule has 3 heterocycles. The maximum Gasteiger partial charge on any atom is 0.327 e. The molecule has 3 aliphatic heterocycles. The molecule has 1 unspecified atom stereocenters. The van der Waals surface area contributed by atoms with Gasteiger partial charge in [-0.2, -0.15) is 0 Å². The molecule has 3 fully saturated rings. The molecule has 0 bridgehead atoms. The molecular formula is C19H26N4O2. The van der Waals surface area contributed by atoms with Gasteiger partial charge in [-0.25, -0.2) is 4.79 Å². The molecular weight excluding hydrogens is 316 g/mol. The Morgan fingerprint density at radius 3 is 2.24 bits per heavy atom. The lowest BCUT2D eigenvalue weighted by Gasteiger charge is -2.37. The van der Waals surface area contributed by atoms with Crippen LogP contribution in [-0.4, -0.2) is 67.6 Å². The number of hydrogen-bond donors (Lipinski definition) is 0. The quantitative estimate of drug-likeness (QED) is 0.790. The summed E-state index contributed by atoms with van der Waals surface area (Å²) in [4.78, 5) is 32.9. The van der Waals surface area contributed by atoms with Crippen LogP contribution >= 0.6 is 0 Å². The molecule has 3 saturated heterocycles. The van der Waals surface area contributed by atoms with Crippen molar-refractivity contribution in [1.82, 2.24) is 9.80 Å². The minimum absolute atomic E-state index is 0.0382. The summed E-state index contributed by atoms with van der Waals surface area (Å²) < 4.78 is 0. The van der Waals surface area contributed by atoms with Crippen LogP contribution in [-0.2, 0) is 4.79 Å². The number of fused-ring (bicyclic) bond motifs is 1. The maximum absolute atomic E-state index is 12.6. The Morgan fingerprint density at radius 2 is 1.64 bits per heavy atom. The molecule has 4 rings (SSSR count). The van der Waals surface area contributed by atoms with Gasteiger partial charge in [-0.15, -0.1) is 0 Å². The second kappa shape index (κ2) is 6.24. The van der Waals surface area contributed by atoms with E-state index in [0.29, 0.717) is 0 Å². The molecule has 1 atom stereocenters. The van der Waals surface area contributed by atoms with Crippen molar-refractivity contribution < 1.29 is 9.59 Å². The Hall–Kier alpha value is -2.24. The number of rotatable bonds is 3. The molecule has 134 valence electrons. The highest BCUT2D eigenvalue weighted by Gasteiger charge is 2.50. The van der Waals surface area contributed by atoms with Gasteiger partial charge in [0.15, 0.2) is 0 Å². The second-order valence-electron chi connectivity index (χ2n) is 7.47. The lowest BCUT2D eigenvalue weighted by atomic mass is 10.0. The van der Waals surface area contributed by atoms with Gasteiger partial charge in [-0.1, -0.05) is 0 Å². The number of anilines is 2. The van der Waals surface area contributed by atoms with Gasteiger partial charge in [0.1, 0.15) is 6.04 Å². The van der Waals surface area contributed by atoms with E-state index in [9.17, 15) is 9.59 Å². The molecule has 0 N–H and O–H groups in total. The van der Waals surface area contributed by atoms with Gasteiger partial charge in [0.05, 0.1) is 0 Å². The van der Waals surface area contributed by atoms with Crippen LogP contribution in [0.2, 0.25) is 0 Å². The summed E-state index contributed by atoms with van der Waals surface area (Å²) in [5, 5.41) is 0. The van der Waals surface area contributed by atoms with E-state index >= 15 is 0 Å². The zero-order valence-corrected chi connectivity index (χ0v) is 15.0. The van der Waals surface area contributed by atoms with Gasteiger partial charge in [-0.3, -0.25) is 9.69 Å². The Balaban J connectivity index is 1.40. The zero-order valence-electron chi connectivity index (χ0n) is 15.0. The molecule has 25 heavy (non-hydrogen) atoms. The average molecular weight is 342 g/mol. The number of carbonyl (C=O) groups is 2. The first-order valence-electron chi connectivity index (χ1n) is 9.22. The summed E-state index contributed by atoms with van der Waals surface area (Å²) in [5.74, 6) is 0.0382. The predicted octanol–water partition coefficient (Wildman–Crippen LogP) is 2.15. The number of piperidine rings is 1. The fraction of sp³-hybridized carbons (Fsp3) is 0.579. The molecule has 3 aliphatic rings. The number of urea groups is 1. The van der Waals surface area contributed by atoms with E-state index in [4.69, 9.17) is 0 Å². The number of hydrogen-bond acceptors (Lipinski definition) is 4. The van der Waals surface area contributed by atoms with Crippen LogP contribution < -0.4 is 9.80 Å². The van der Waals surface area contributed by atoms with E-state index in [1.165, 1.54) is 11.4 Å². The standard InChI is InChI=1S/C19H26N4O2/c1-20(2)14-5-7-15(8-6-14)21-12-9-16(10-13-21)23-18(24)17-4-3-11-22(17)19(23)25/h5-8,16-17H,3-4,9-13H2,1-2H3. The van der Waals surface area contributed by atoms with Gasteiger partial charge in [0, 0.05) is 51.1 Å². The van der Waals surface area contributed by atoms with Gasteiger partial charge in [0.25, 0.3) is 5.91 Å². The number of nitrogens with zero attached hydrogens (tertiary/aromatic N) is 4. The Morgan fingerprint density at radius 1 is 0.960 bits per heavy atom. The fourth-order valence-corrected chi connectivity index (χ4v) is 4.33. The Bertz CT molecular complexity index is 643. The van der Waals surface area contributed by atoms with Gasteiger partial charge in [-0.05, 0) is 49.9 Å². The molecule has 6 nitrogen and oxygen atoms in total. The molecule has 1 aromatic carbocycles. The van der Waals surface area contributed by atoms with Crippen LogP contribution in [0.1, 0.15) is 25.7 Å². The average Bonchev–Trinajstić information content (AvgIpc) is 3.20. The van der Waals surface area contributed by atoms with Crippen LogP contribution in [0.4, 0.5) is 16.2 Å². The molecule has 3 amide bonds. The first-order chi connectivity index (χ1) is 12.1. The van der Waals surface area contributed by atoms with E-state index in [1.54, 1.807) is 9.80 Å². The highest BCUT2D eigenvalue weighted by atomic mass is 16.2. The van der Waals surface area contributed by atoms with E-state index in [1.807, 2.05) is 14.1 Å². The van der Waals surface area contributed by atoms with Crippen molar-refractivity contribution >= 4 is 23.3 Å².